The fourth-order valence-electron chi connectivity index (χ4n) is 5.70. The third-order valence-corrected chi connectivity index (χ3v) is 6.78. The molecule has 0 aromatic carbocycles. The van der Waals surface area contributed by atoms with Crippen LogP contribution in [-0.2, 0) is 18.9 Å². The van der Waals surface area contributed by atoms with Gasteiger partial charge in [-0.1, -0.05) is 13.8 Å². The van der Waals surface area contributed by atoms with Gasteiger partial charge in [0.25, 0.3) is 0 Å². The predicted molar refractivity (Wildman–Crippen MR) is 86.0 cm³/mol. The van der Waals surface area contributed by atoms with Crippen molar-refractivity contribution in [1.82, 2.24) is 0 Å². The van der Waals surface area contributed by atoms with Crippen molar-refractivity contribution in [3.63, 3.8) is 0 Å². The molecule has 150 valence electrons. The highest BCUT2D eigenvalue weighted by molar-refractivity contribution is 7.95. The number of rotatable bonds is 8. The van der Waals surface area contributed by atoms with E-state index >= 15 is 0 Å². The van der Waals surface area contributed by atoms with Crippen LogP contribution in [0.15, 0.2) is 0 Å². The van der Waals surface area contributed by atoms with Crippen LogP contribution in [0.2, 0.25) is 0 Å². The molecule has 4 fully saturated rings. The van der Waals surface area contributed by atoms with Crippen molar-refractivity contribution >= 4 is 18.0 Å². The Morgan fingerprint density at radius 2 is 2.08 bits per heavy atom. The van der Waals surface area contributed by atoms with Crippen molar-refractivity contribution in [2.75, 3.05) is 6.61 Å². The third kappa shape index (κ3) is 3.87. The van der Waals surface area contributed by atoms with E-state index < -0.39 is 41.4 Å². The molecule has 0 amide bonds. The lowest BCUT2D eigenvalue weighted by Gasteiger charge is -2.62. The van der Waals surface area contributed by atoms with Crippen LogP contribution in [-0.4, -0.2) is 28.5 Å². The van der Waals surface area contributed by atoms with Gasteiger partial charge in [0.05, 0.1) is 11.5 Å². The van der Waals surface area contributed by atoms with Crippen molar-refractivity contribution in [2.45, 2.75) is 56.8 Å². The van der Waals surface area contributed by atoms with Crippen molar-refractivity contribution in [2.24, 2.45) is 35.5 Å². The number of hydrogen-bond donors (Lipinski definition) is 1. The largest absolute Gasteiger partial charge is 0.691 e. The molecule has 6 atom stereocenters. The first kappa shape index (κ1) is 20.3. The fourth-order valence-corrected chi connectivity index (χ4v) is 5.93. The van der Waals surface area contributed by atoms with Gasteiger partial charge < -0.3 is 15.1 Å². The number of carbonyl (C=O) groups is 1. The molecule has 26 heavy (non-hydrogen) atoms. The SMILES string of the molecule is CC(C)CC1(O)C2CC3CC(C2)C(C(=O)OCC(F)(F)SOO[O-])C1C3. The van der Waals surface area contributed by atoms with Crippen molar-refractivity contribution < 1.29 is 38.0 Å². The highest BCUT2D eigenvalue weighted by Crippen LogP contribution is 2.62. The van der Waals surface area contributed by atoms with Crippen molar-refractivity contribution in [3.05, 3.63) is 0 Å². The normalized spacial score (nSPS) is 38.8. The number of carbonyl (C=O) groups excluding carboxylic acids is 1. The monoisotopic (exact) mass is 395 g/mol. The average Bonchev–Trinajstić information content (AvgIpc) is 2.55. The Labute approximate surface area is 155 Å². The predicted octanol–water partition coefficient (Wildman–Crippen LogP) is 2.45. The summed E-state index contributed by atoms with van der Waals surface area (Å²) in [6, 6.07) is 0. The summed E-state index contributed by atoms with van der Waals surface area (Å²) in [7, 11) is 0. The molecule has 0 radical (unpaired) electrons. The summed E-state index contributed by atoms with van der Waals surface area (Å²) in [4.78, 5) is 12.6. The van der Waals surface area contributed by atoms with E-state index in [0.29, 0.717) is 12.3 Å². The molecule has 6 nitrogen and oxygen atoms in total. The van der Waals surface area contributed by atoms with E-state index in [1.54, 1.807) is 0 Å². The second-order valence-corrected chi connectivity index (χ2v) is 9.35. The number of ether oxygens (including phenoxy) is 1. The van der Waals surface area contributed by atoms with Crippen LogP contribution < -0.4 is 5.26 Å². The summed E-state index contributed by atoms with van der Waals surface area (Å²) in [6.45, 7) is 2.86. The van der Waals surface area contributed by atoms with Gasteiger partial charge in [0.2, 0.25) is 0 Å². The Morgan fingerprint density at radius 3 is 2.73 bits per heavy atom. The van der Waals surface area contributed by atoms with Crippen molar-refractivity contribution in [3.8, 4) is 0 Å². The average molecular weight is 395 g/mol. The minimum atomic E-state index is -3.58. The zero-order valence-corrected chi connectivity index (χ0v) is 15.7. The molecule has 1 N–H and O–H groups in total. The highest BCUT2D eigenvalue weighted by Gasteiger charge is 2.62. The zero-order valence-electron chi connectivity index (χ0n) is 14.9. The minimum Gasteiger partial charge on any atom is -0.691 e. The standard InChI is InChI=1S/C17H26F2O6S/c1-9(2)7-16(21)12-4-10-3-11(6-12)14(13(16)5-10)15(20)23-8-17(18,19)26-25-24-22/h9-14,21-22H,3-8H2,1-2H3/p-1. The van der Waals surface area contributed by atoms with Gasteiger partial charge in [0.15, 0.2) is 6.61 Å². The minimum absolute atomic E-state index is 0.0833. The van der Waals surface area contributed by atoms with E-state index in [4.69, 9.17) is 4.74 Å². The summed E-state index contributed by atoms with van der Waals surface area (Å²) in [5.74, 6) is -0.445. The second-order valence-electron chi connectivity index (χ2n) is 8.45. The molecule has 0 aromatic heterocycles. The number of esters is 1. The summed E-state index contributed by atoms with van der Waals surface area (Å²) < 4.78 is 35.5. The van der Waals surface area contributed by atoms with Crippen LogP contribution in [0.4, 0.5) is 8.78 Å². The summed E-state index contributed by atoms with van der Waals surface area (Å²) in [5, 5.41) is 20.4. The molecule has 4 rings (SSSR count). The quantitative estimate of drug-likeness (QED) is 0.292. The van der Waals surface area contributed by atoms with Crippen LogP contribution in [0.1, 0.15) is 46.0 Å². The molecule has 4 aliphatic carbocycles. The lowest BCUT2D eigenvalue weighted by atomic mass is 9.45. The topological polar surface area (TPSA) is 88.1 Å². The van der Waals surface area contributed by atoms with Gasteiger partial charge in [-0.3, -0.25) is 9.83 Å². The maximum absolute atomic E-state index is 13.5. The van der Waals surface area contributed by atoms with Gasteiger partial charge in [-0.2, -0.15) is 13.1 Å². The molecule has 0 heterocycles. The van der Waals surface area contributed by atoms with Crippen LogP contribution in [0, 0.1) is 35.5 Å². The first-order valence-corrected chi connectivity index (χ1v) is 9.81. The van der Waals surface area contributed by atoms with E-state index in [1.165, 1.54) is 0 Å². The third-order valence-electron chi connectivity index (χ3n) is 6.29. The Kier molecular flexibility index (Phi) is 5.85. The van der Waals surface area contributed by atoms with Gasteiger partial charge in [-0.25, -0.2) is 0 Å². The summed E-state index contributed by atoms with van der Waals surface area (Å²) in [5.41, 5.74) is -0.929. The van der Waals surface area contributed by atoms with Crippen molar-refractivity contribution in [1.29, 1.82) is 0 Å². The first-order chi connectivity index (χ1) is 12.2. The Morgan fingerprint density at radius 1 is 1.35 bits per heavy atom. The molecule has 4 bridgehead atoms. The number of alkyl halides is 2. The van der Waals surface area contributed by atoms with Gasteiger partial charge in [0, 0.05) is 5.92 Å². The highest BCUT2D eigenvalue weighted by atomic mass is 32.2. The molecule has 4 aliphatic rings. The van der Waals surface area contributed by atoms with Crippen LogP contribution in [0.25, 0.3) is 0 Å². The Balaban J connectivity index is 1.70. The van der Waals surface area contributed by atoms with Gasteiger partial charge in [-0.05, 0) is 55.8 Å². The molecular weight excluding hydrogens is 370 g/mol. The number of aliphatic hydroxyl groups is 1. The molecule has 9 heteroatoms. The first-order valence-electron chi connectivity index (χ1n) is 9.07. The number of halogens is 2. The molecule has 6 unspecified atom stereocenters. The molecule has 0 spiro atoms. The van der Waals surface area contributed by atoms with E-state index in [0.717, 1.165) is 25.7 Å². The Bertz CT molecular complexity index is 533. The fraction of sp³-hybridized carbons (Fsp3) is 0.941. The maximum atomic E-state index is 13.5. The second kappa shape index (κ2) is 7.50. The van der Waals surface area contributed by atoms with Crippen LogP contribution in [0.3, 0.4) is 0 Å². The smallest absolute Gasteiger partial charge is 0.354 e. The lowest BCUT2D eigenvalue weighted by molar-refractivity contribution is -0.777. The van der Waals surface area contributed by atoms with Crippen LogP contribution in [0.5, 0.6) is 0 Å². The molecular formula is C17H25F2O6S-. The maximum Gasteiger partial charge on any atom is 0.354 e. The summed E-state index contributed by atoms with van der Waals surface area (Å²) in [6.07, 6.45) is 3.97. The zero-order chi connectivity index (χ0) is 19.1. The molecule has 0 saturated heterocycles. The number of hydrogen-bond acceptors (Lipinski definition) is 7. The van der Waals surface area contributed by atoms with Gasteiger partial charge >= 0.3 is 11.2 Å². The van der Waals surface area contributed by atoms with Gasteiger partial charge in [-0.15, -0.1) is 0 Å². The van der Waals surface area contributed by atoms with E-state index in [-0.39, 0.29) is 23.7 Å². The van der Waals surface area contributed by atoms with Crippen LogP contribution >= 0.6 is 12.0 Å². The van der Waals surface area contributed by atoms with E-state index in [2.05, 4.69) is 9.37 Å². The summed E-state index contributed by atoms with van der Waals surface area (Å²) >= 11 is -0.490. The molecule has 4 saturated carbocycles. The molecule has 0 aromatic rings. The Hall–Kier alpha value is -0.480. The lowest BCUT2D eigenvalue weighted by Crippen LogP contribution is -2.63. The van der Waals surface area contributed by atoms with E-state index in [9.17, 15) is 23.9 Å². The van der Waals surface area contributed by atoms with Gasteiger partial charge in [0.1, 0.15) is 12.0 Å². The molecule has 0 aliphatic heterocycles. The van der Waals surface area contributed by atoms with E-state index in [1.807, 2.05) is 13.8 Å².